The van der Waals surface area contributed by atoms with Gasteiger partial charge in [-0.05, 0) is 31.0 Å². The maximum atomic E-state index is 11.6. The van der Waals surface area contributed by atoms with Gasteiger partial charge < -0.3 is 15.0 Å². The van der Waals surface area contributed by atoms with Crippen molar-refractivity contribution in [3.05, 3.63) is 41.6 Å². The summed E-state index contributed by atoms with van der Waals surface area (Å²) in [5.41, 5.74) is 8.99. The zero-order valence-corrected chi connectivity index (χ0v) is 13.0. The Morgan fingerprint density at radius 2 is 2.05 bits per heavy atom. The molecule has 0 atom stereocenters. The molecule has 4 nitrogen and oxygen atoms in total. The summed E-state index contributed by atoms with van der Waals surface area (Å²) in [4.78, 5) is 11.6. The van der Waals surface area contributed by atoms with Crippen molar-refractivity contribution in [1.29, 1.82) is 0 Å². The van der Waals surface area contributed by atoms with Crippen LogP contribution in [0.2, 0.25) is 0 Å². The van der Waals surface area contributed by atoms with Gasteiger partial charge in [0.25, 0.3) is 5.91 Å². The molecule has 0 saturated carbocycles. The van der Waals surface area contributed by atoms with E-state index in [1.54, 1.807) is 7.11 Å². The van der Waals surface area contributed by atoms with Crippen LogP contribution in [0.1, 0.15) is 29.9 Å². The van der Waals surface area contributed by atoms with Crippen LogP contribution >= 0.6 is 0 Å². The summed E-state index contributed by atoms with van der Waals surface area (Å²) in [6.07, 6.45) is 0. The van der Waals surface area contributed by atoms with E-state index in [4.69, 9.17) is 10.5 Å². The number of hydrogen-bond acceptors (Lipinski definition) is 2. The summed E-state index contributed by atoms with van der Waals surface area (Å²) in [7, 11) is 1.65. The third-order valence-electron chi connectivity index (χ3n) is 3.55. The molecule has 2 rings (SSSR count). The van der Waals surface area contributed by atoms with E-state index >= 15 is 0 Å². The maximum Gasteiger partial charge on any atom is 0.250 e. The number of benzene rings is 1. The van der Waals surface area contributed by atoms with Gasteiger partial charge in [-0.25, -0.2) is 0 Å². The smallest absolute Gasteiger partial charge is 0.250 e. The Kier molecular flexibility index (Phi) is 4.36. The molecule has 112 valence electrons. The van der Waals surface area contributed by atoms with Gasteiger partial charge in [-0.15, -0.1) is 0 Å². The number of primary amides is 1. The first-order valence-corrected chi connectivity index (χ1v) is 7.08. The molecule has 0 spiro atoms. The molecule has 0 fully saturated rings. The van der Waals surface area contributed by atoms with Gasteiger partial charge in [-0.1, -0.05) is 26.0 Å². The number of amides is 1. The number of hydrogen-bond donors (Lipinski definition) is 1. The van der Waals surface area contributed by atoms with E-state index in [2.05, 4.69) is 18.4 Å². The van der Waals surface area contributed by atoms with Gasteiger partial charge in [-0.3, -0.25) is 4.79 Å². The van der Waals surface area contributed by atoms with Gasteiger partial charge in [0.1, 0.15) is 5.75 Å². The van der Waals surface area contributed by atoms with Crippen LogP contribution < -0.4 is 10.5 Å². The van der Waals surface area contributed by atoms with Crippen LogP contribution in [0.25, 0.3) is 11.3 Å². The highest BCUT2D eigenvalue weighted by molar-refractivity contribution is 5.95. The zero-order chi connectivity index (χ0) is 15.6. The molecule has 1 amide bonds. The molecule has 0 aliphatic heterocycles. The molecule has 2 N–H and O–H groups in total. The average molecular weight is 286 g/mol. The maximum absolute atomic E-state index is 11.6. The van der Waals surface area contributed by atoms with Crippen LogP contribution in [-0.2, 0) is 6.54 Å². The largest absolute Gasteiger partial charge is 0.497 e. The number of aromatic nitrogens is 1. The SMILES string of the molecule is COc1cccc(-c2cc(C(N)=O)c(C)n2CC(C)C)c1. The third kappa shape index (κ3) is 3.10. The van der Waals surface area contributed by atoms with Crippen LogP contribution in [0, 0.1) is 12.8 Å². The minimum absolute atomic E-state index is 0.390. The number of carbonyl (C=O) groups excluding carboxylic acids is 1. The number of nitrogens with two attached hydrogens (primary N) is 1. The summed E-state index contributed by atoms with van der Waals surface area (Å²) in [5, 5.41) is 0. The van der Waals surface area contributed by atoms with Crippen molar-refractivity contribution >= 4 is 5.91 Å². The molecule has 0 aliphatic rings. The van der Waals surface area contributed by atoms with Crippen LogP contribution in [0.15, 0.2) is 30.3 Å². The summed E-state index contributed by atoms with van der Waals surface area (Å²) in [6, 6.07) is 9.70. The molecule has 0 saturated heterocycles. The number of rotatable bonds is 5. The van der Waals surface area contributed by atoms with Crippen molar-refractivity contribution < 1.29 is 9.53 Å². The second-order valence-electron chi connectivity index (χ2n) is 5.63. The van der Waals surface area contributed by atoms with Crippen LogP contribution in [0.5, 0.6) is 5.75 Å². The lowest BCUT2D eigenvalue weighted by Crippen LogP contribution is -2.13. The topological polar surface area (TPSA) is 57.2 Å². The van der Waals surface area contributed by atoms with E-state index in [0.717, 1.165) is 29.2 Å². The highest BCUT2D eigenvalue weighted by Gasteiger charge is 2.17. The normalized spacial score (nSPS) is 10.9. The molecule has 0 unspecified atom stereocenters. The molecule has 4 heteroatoms. The Bertz CT molecular complexity index is 657. The van der Waals surface area contributed by atoms with Gasteiger partial charge in [-0.2, -0.15) is 0 Å². The molecule has 0 aliphatic carbocycles. The minimum Gasteiger partial charge on any atom is -0.497 e. The number of nitrogens with zero attached hydrogens (tertiary/aromatic N) is 1. The highest BCUT2D eigenvalue weighted by atomic mass is 16.5. The molecule has 1 aromatic carbocycles. The van der Waals surface area contributed by atoms with E-state index < -0.39 is 0 Å². The highest BCUT2D eigenvalue weighted by Crippen LogP contribution is 2.29. The average Bonchev–Trinajstić information content (AvgIpc) is 2.76. The Hall–Kier alpha value is -2.23. The predicted molar refractivity (Wildman–Crippen MR) is 84.5 cm³/mol. The summed E-state index contributed by atoms with van der Waals surface area (Å²) in [5.74, 6) is 0.878. The quantitative estimate of drug-likeness (QED) is 0.917. The number of ether oxygens (including phenoxy) is 1. The van der Waals surface area contributed by atoms with Crippen molar-refractivity contribution in [2.24, 2.45) is 11.7 Å². The van der Waals surface area contributed by atoms with Gasteiger partial charge in [0, 0.05) is 23.5 Å². The van der Waals surface area contributed by atoms with E-state index in [0.29, 0.717) is 11.5 Å². The standard InChI is InChI=1S/C17H22N2O2/c1-11(2)10-19-12(3)15(17(18)20)9-16(19)13-6-5-7-14(8-13)21-4/h5-9,11H,10H2,1-4H3,(H2,18,20). The number of carbonyl (C=O) groups is 1. The Labute approximate surface area is 125 Å². The van der Waals surface area contributed by atoms with Crippen LogP contribution in [0.4, 0.5) is 0 Å². The van der Waals surface area contributed by atoms with Crippen molar-refractivity contribution in [3.63, 3.8) is 0 Å². The zero-order valence-electron chi connectivity index (χ0n) is 13.0. The monoisotopic (exact) mass is 286 g/mol. The molecule has 0 bridgehead atoms. The second-order valence-corrected chi connectivity index (χ2v) is 5.63. The molecular formula is C17H22N2O2. The van der Waals surface area contributed by atoms with Crippen LogP contribution in [-0.4, -0.2) is 17.6 Å². The minimum atomic E-state index is -0.390. The fraction of sp³-hybridized carbons (Fsp3) is 0.353. The first-order valence-electron chi connectivity index (χ1n) is 7.08. The van der Waals surface area contributed by atoms with Gasteiger partial charge in [0.2, 0.25) is 0 Å². The Morgan fingerprint density at radius 3 is 2.62 bits per heavy atom. The summed E-state index contributed by atoms with van der Waals surface area (Å²) < 4.78 is 7.43. The molecule has 1 aromatic heterocycles. The Morgan fingerprint density at radius 1 is 1.33 bits per heavy atom. The van der Waals surface area contributed by atoms with Crippen molar-refractivity contribution in [1.82, 2.24) is 4.57 Å². The molecule has 21 heavy (non-hydrogen) atoms. The van der Waals surface area contributed by atoms with Gasteiger partial charge in [0.15, 0.2) is 0 Å². The predicted octanol–water partition coefficient (Wildman–Crippen LogP) is 3.23. The fourth-order valence-electron chi connectivity index (χ4n) is 2.52. The molecule has 1 heterocycles. The van der Waals surface area contributed by atoms with Crippen molar-refractivity contribution in [3.8, 4) is 17.0 Å². The molecule has 2 aromatic rings. The lowest BCUT2D eigenvalue weighted by atomic mass is 10.1. The molecule has 0 radical (unpaired) electrons. The first-order chi connectivity index (χ1) is 9.93. The first kappa shape index (κ1) is 15.2. The third-order valence-corrected chi connectivity index (χ3v) is 3.55. The lowest BCUT2D eigenvalue weighted by Gasteiger charge is -2.15. The van der Waals surface area contributed by atoms with Crippen molar-refractivity contribution in [2.75, 3.05) is 7.11 Å². The van der Waals surface area contributed by atoms with E-state index in [1.807, 2.05) is 37.3 Å². The molecular weight excluding hydrogens is 264 g/mol. The van der Waals surface area contributed by atoms with Crippen molar-refractivity contribution in [2.45, 2.75) is 27.3 Å². The Balaban J connectivity index is 2.60. The van der Waals surface area contributed by atoms with E-state index in [9.17, 15) is 4.79 Å². The summed E-state index contributed by atoms with van der Waals surface area (Å²) >= 11 is 0. The summed E-state index contributed by atoms with van der Waals surface area (Å²) in [6.45, 7) is 7.08. The van der Waals surface area contributed by atoms with Gasteiger partial charge in [0.05, 0.1) is 12.7 Å². The van der Waals surface area contributed by atoms with Gasteiger partial charge >= 0.3 is 0 Å². The van der Waals surface area contributed by atoms with E-state index in [-0.39, 0.29) is 5.91 Å². The lowest BCUT2D eigenvalue weighted by molar-refractivity contribution is 0.0999. The second kappa shape index (κ2) is 6.04. The number of methoxy groups -OCH3 is 1. The van der Waals surface area contributed by atoms with E-state index in [1.165, 1.54) is 0 Å². The van der Waals surface area contributed by atoms with Crippen LogP contribution in [0.3, 0.4) is 0 Å². The fourth-order valence-corrected chi connectivity index (χ4v) is 2.52.